The number of hydrogen-bond acceptors (Lipinski definition) is 8. The smallest absolute Gasteiger partial charge is 0.219 e. The average Bonchev–Trinajstić information content (AvgIpc) is 3.35. The molecule has 7 atom stereocenters. The van der Waals surface area contributed by atoms with Crippen molar-refractivity contribution in [1.82, 2.24) is 16.0 Å². The van der Waals surface area contributed by atoms with E-state index in [1.165, 1.54) is 81.4 Å². The van der Waals surface area contributed by atoms with Gasteiger partial charge in [-0.3, -0.25) is 9.59 Å². The standard InChI is InChI=1S/2C14H19NOS.C7H13NO/c2*1-15-10-11-7-8-13(9-11)17-14(16)12-5-3-2-4-6-12;1-8-4-5-2-6-7(3-5)9-6/h2*2-6,11,13,15H,7-10H2,1H3;5-8H,2-4H2,1H3/t2*11-,13+;5?,6-,7+/m10./s1. The van der Waals surface area contributed by atoms with E-state index in [9.17, 15) is 9.59 Å². The molecule has 0 radical (unpaired) electrons. The molecule has 4 fully saturated rings. The van der Waals surface area contributed by atoms with Crippen LogP contribution in [0.4, 0.5) is 0 Å². The van der Waals surface area contributed by atoms with Gasteiger partial charge in [0.25, 0.3) is 0 Å². The highest BCUT2D eigenvalue weighted by atomic mass is 32.2. The summed E-state index contributed by atoms with van der Waals surface area (Å²) in [6.45, 7) is 3.34. The van der Waals surface area contributed by atoms with Crippen LogP contribution >= 0.6 is 23.5 Å². The molecule has 4 aliphatic rings. The van der Waals surface area contributed by atoms with Crippen molar-refractivity contribution < 1.29 is 14.3 Å². The van der Waals surface area contributed by atoms with Crippen LogP contribution in [0.25, 0.3) is 0 Å². The Bertz CT molecular complexity index is 1020. The largest absolute Gasteiger partial charge is 0.370 e. The summed E-state index contributed by atoms with van der Waals surface area (Å²) >= 11 is 3.05. The van der Waals surface area contributed by atoms with E-state index in [4.69, 9.17) is 4.74 Å². The van der Waals surface area contributed by atoms with Gasteiger partial charge in [0.15, 0.2) is 0 Å². The van der Waals surface area contributed by atoms with Crippen molar-refractivity contribution in [2.24, 2.45) is 17.8 Å². The maximum atomic E-state index is 12.0. The maximum absolute atomic E-state index is 12.0. The van der Waals surface area contributed by atoms with Crippen molar-refractivity contribution in [1.29, 1.82) is 0 Å². The van der Waals surface area contributed by atoms with Gasteiger partial charge in [0.05, 0.1) is 12.2 Å². The molecule has 2 aromatic rings. The molecule has 236 valence electrons. The summed E-state index contributed by atoms with van der Waals surface area (Å²) in [5.74, 6) is 2.40. The highest BCUT2D eigenvalue weighted by molar-refractivity contribution is 8.14. The normalized spacial score (nSPS) is 28.7. The molecular weight excluding hydrogens is 575 g/mol. The van der Waals surface area contributed by atoms with Crippen LogP contribution < -0.4 is 16.0 Å². The number of benzene rings is 2. The summed E-state index contributed by atoms with van der Waals surface area (Å²) in [4.78, 5) is 24.0. The third-order valence-corrected chi connectivity index (χ3v) is 11.3. The molecule has 43 heavy (non-hydrogen) atoms. The number of carbonyl (C=O) groups excluding carboxylic acids is 2. The first-order valence-electron chi connectivity index (χ1n) is 16.1. The topological polar surface area (TPSA) is 82.8 Å². The number of epoxide rings is 1. The van der Waals surface area contributed by atoms with Crippen LogP contribution in [-0.4, -0.2) is 73.7 Å². The van der Waals surface area contributed by atoms with Crippen LogP contribution in [0.1, 0.15) is 72.1 Å². The summed E-state index contributed by atoms with van der Waals surface area (Å²) in [6, 6.07) is 19.2. The molecule has 6 nitrogen and oxygen atoms in total. The van der Waals surface area contributed by atoms with Gasteiger partial charge in [0, 0.05) is 21.6 Å². The zero-order chi connectivity index (χ0) is 30.4. The molecule has 1 unspecified atom stereocenters. The van der Waals surface area contributed by atoms with Gasteiger partial charge in [-0.1, -0.05) is 84.2 Å². The fourth-order valence-corrected chi connectivity index (χ4v) is 9.00. The molecular formula is C35H51N3O3S2. The molecule has 0 aromatic heterocycles. The predicted molar refractivity (Wildman–Crippen MR) is 182 cm³/mol. The maximum Gasteiger partial charge on any atom is 0.219 e. The summed E-state index contributed by atoms with van der Waals surface area (Å²) in [6.07, 6.45) is 11.1. The molecule has 8 heteroatoms. The molecule has 0 spiro atoms. The van der Waals surface area contributed by atoms with Crippen molar-refractivity contribution in [3.8, 4) is 0 Å². The van der Waals surface area contributed by atoms with E-state index in [1.807, 2.05) is 81.8 Å². The number of ether oxygens (including phenoxy) is 1. The second-order valence-electron chi connectivity index (χ2n) is 12.4. The summed E-state index contributed by atoms with van der Waals surface area (Å²) in [5, 5.41) is 11.1. The Morgan fingerprint density at radius 2 is 1.00 bits per heavy atom. The molecule has 3 aliphatic carbocycles. The zero-order valence-corrected chi connectivity index (χ0v) is 27.8. The molecule has 2 aromatic carbocycles. The minimum Gasteiger partial charge on any atom is -0.370 e. The minimum atomic E-state index is 0.223. The highest BCUT2D eigenvalue weighted by Crippen LogP contribution is 2.41. The molecule has 0 bridgehead atoms. The minimum absolute atomic E-state index is 0.223. The van der Waals surface area contributed by atoms with Crippen LogP contribution in [0.5, 0.6) is 0 Å². The monoisotopic (exact) mass is 625 g/mol. The summed E-state index contributed by atoms with van der Waals surface area (Å²) in [5.41, 5.74) is 1.66. The Balaban J connectivity index is 0.000000154. The van der Waals surface area contributed by atoms with Crippen molar-refractivity contribution in [3.63, 3.8) is 0 Å². The van der Waals surface area contributed by atoms with Crippen LogP contribution in [0.3, 0.4) is 0 Å². The lowest BCUT2D eigenvalue weighted by molar-refractivity contribution is 0.108. The van der Waals surface area contributed by atoms with E-state index in [0.29, 0.717) is 22.7 Å². The first-order chi connectivity index (χ1) is 21.0. The molecule has 1 saturated heterocycles. The highest BCUT2D eigenvalue weighted by Gasteiger charge is 2.47. The van der Waals surface area contributed by atoms with Gasteiger partial charge in [0.2, 0.25) is 10.2 Å². The van der Waals surface area contributed by atoms with Gasteiger partial charge in [-0.15, -0.1) is 0 Å². The molecule has 1 aliphatic heterocycles. The Hall–Kier alpha value is -1.68. The quantitative estimate of drug-likeness (QED) is 0.266. The summed E-state index contributed by atoms with van der Waals surface area (Å²) < 4.78 is 5.30. The molecule has 0 amide bonds. The van der Waals surface area contributed by atoms with E-state index < -0.39 is 0 Å². The van der Waals surface area contributed by atoms with Gasteiger partial charge < -0.3 is 20.7 Å². The predicted octanol–water partition coefficient (Wildman–Crippen LogP) is 6.28. The van der Waals surface area contributed by atoms with Crippen molar-refractivity contribution in [3.05, 3.63) is 71.8 Å². The number of hydrogen-bond donors (Lipinski definition) is 3. The average molecular weight is 626 g/mol. The Kier molecular flexibility index (Phi) is 14.6. The summed E-state index contributed by atoms with van der Waals surface area (Å²) in [7, 11) is 6.01. The fraction of sp³-hybridized carbons (Fsp3) is 0.600. The number of fused-ring (bicyclic) bond motifs is 1. The number of nitrogens with one attached hydrogen (secondary N) is 3. The lowest BCUT2D eigenvalue weighted by Gasteiger charge is -2.09. The third-order valence-electron chi connectivity index (χ3n) is 8.85. The number of rotatable bonds is 10. The SMILES string of the molecule is CNCC1C[C@@H]2O[C@@H]2C1.CNC[C@@H]1CC[C@H](SC(=O)c2ccccc2)C1.CNC[C@H]1CC[C@@H](SC(=O)c2ccccc2)C1. The van der Waals surface area contributed by atoms with Crippen LogP contribution in [-0.2, 0) is 4.74 Å². The lowest BCUT2D eigenvalue weighted by atomic mass is 10.1. The van der Waals surface area contributed by atoms with Gasteiger partial charge in [-0.25, -0.2) is 0 Å². The van der Waals surface area contributed by atoms with E-state index >= 15 is 0 Å². The first-order valence-corrected chi connectivity index (χ1v) is 17.9. The van der Waals surface area contributed by atoms with Gasteiger partial charge in [-0.05, 0) is 110 Å². The zero-order valence-electron chi connectivity index (χ0n) is 26.1. The van der Waals surface area contributed by atoms with Gasteiger partial charge >= 0.3 is 0 Å². The number of carbonyl (C=O) groups is 2. The van der Waals surface area contributed by atoms with Crippen LogP contribution in [0, 0.1) is 17.8 Å². The molecule has 3 N–H and O–H groups in total. The van der Waals surface area contributed by atoms with E-state index in [0.717, 1.165) is 42.0 Å². The molecule has 6 rings (SSSR count). The Labute approximate surface area is 267 Å². The second-order valence-corrected chi connectivity index (χ2v) is 14.9. The van der Waals surface area contributed by atoms with Crippen LogP contribution in [0.2, 0.25) is 0 Å². The fourth-order valence-electron chi connectivity index (χ4n) is 6.61. The Morgan fingerprint density at radius 1 is 0.605 bits per heavy atom. The van der Waals surface area contributed by atoms with E-state index in [1.54, 1.807) is 0 Å². The van der Waals surface area contributed by atoms with E-state index in [2.05, 4.69) is 16.0 Å². The molecule has 3 saturated carbocycles. The first kappa shape index (κ1) is 34.2. The second kappa shape index (κ2) is 18.3. The van der Waals surface area contributed by atoms with Gasteiger partial charge in [-0.2, -0.15) is 0 Å². The van der Waals surface area contributed by atoms with Gasteiger partial charge in [0.1, 0.15) is 0 Å². The van der Waals surface area contributed by atoms with E-state index in [-0.39, 0.29) is 10.2 Å². The van der Waals surface area contributed by atoms with Crippen molar-refractivity contribution >= 4 is 33.8 Å². The number of thioether (sulfide) groups is 2. The molecule has 1 heterocycles. The Morgan fingerprint density at radius 3 is 1.40 bits per heavy atom. The van der Waals surface area contributed by atoms with Crippen LogP contribution in [0.15, 0.2) is 60.7 Å². The lowest BCUT2D eigenvalue weighted by Crippen LogP contribution is -2.17. The van der Waals surface area contributed by atoms with Crippen molar-refractivity contribution in [2.75, 3.05) is 40.8 Å². The van der Waals surface area contributed by atoms with Crippen molar-refractivity contribution in [2.45, 2.75) is 74.1 Å². The third kappa shape index (κ3) is 11.6.